The number of amides is 2. The molecule has 0 fully saturated rings. The molecule has 0 saturated heterocycles. The third-order valence-electron chi connectivity index (χ3n) is 5.83. The minimum Gasteiger partial charge on any atom is -0.356 e. The summed E-state index contributed by atoms with van der Waals surface area (Å²) in [5, 5.41) is 5.85. The molecule has 0 radical (unpaired) electrons. The molecule has 4 heteroatoms. The average molecular weight is 469 g/mol. The van der Waals surface area contributed by atoms with Crippen molar-refractivity contribution < 1.29 is 9.59 Å². The van der Waals surface area contributed by atoms with E-state index < -0.39 is 0 Å². The molecule has 182 valence electrons. The van der Waals surface area contributed by atoms with Crippen LogP contribution >= 0.6 is 0 Å². The van der Waals surface area contributed by atoms with Crippen molar-refractivity contribution in [3.63, 3.8) is 0 Å². The van der Waals surface area contributed by atoms with E-state index in [4.69, 9.17) is 0 Å². The Labute approximate surface area is 209 Å². The van der Waals surface area contributed by atoms with Crippen LogP contribution in [0.3, 0.4) is 0 Å². The van der Waals surface area contributed by atoms with E-state index in [2.05, 4.69) is 73.9 Å². The topological polar surface area (TPSA) is 58.2 Å². The van der Waals surface area contributed by atoms with Crippen LogP contribution in [0.15, 0.2) is 78.9 Å². The molecule has 2 amide bonds. The van der Waals surface area contributed by atoms with Crippen LogP contribution in [0.2, 0.25) is 0 Å². The summed E-state index contributed by atoms with van der Waals surface area (Å²) >= 11 is 0. The van der Waals surface area contributed by atoms with E-state index in [-0.39, 0.29) is 17.2 Å². The lowest BCUT2D eigenvalue weighted by atomic mass is 9.86. The van der Waals surface area contributed by atoms with Crippen molar-refractivity contribution in [1.82, 2.24) is 5.32 Å². The zero-order valence-corrected chi connectivity index (χ0v) is 21.0. The summed E-state index contributed by atoms with van der Waals surface area (Å²) in [7, 11) is 0. The van der Waals surface area contributed by atoms with E-state index in [1.54, 1.807) is 0 Å². The maximum atomic E-state index is 12.2. The van der Waals surface area contributed by atoms with Gasteiger partial charge in [0.15, 0.2) is 0 Å². The van der Waals surface area contributed by atoms with Gasteiger partial charge in [-0.3, -0.25) is 9.59 Å². The third-order valence-corrected chi connectivity index (χ3v) is 5.83. The van der Waals surface area contributed by atoms with E-state index >= 15 is 0 Å². The molecule has 2 N–H and O–H groups in total. The van der Waals surface area contributed by atoms with Gasteiger partial charge in [0.05, 0.1) is 0 Å². The molecule has 0 atom stereocenters. The largest absolute Gasteiger partial charge is 0.356 e. The molecule has 0 spiro atoms. The molecular formula is C31H36N2O2. The second-order valence-corrected chi connectivity index (χ2v) is 9.81. The number of hydrogen-bond donors (Lipinski definition) is 2. The van der Waals surface area contributed by atoms with Crippen LogP contribution < -0.4 is 10.6 Å². The lowest BCUT2D eigenvalue weighted by Crippen LogP contribution is -2.25. The molecule has 4 nitrogen and oxygen atoms in total. The summed E-state index contributed by atoms with van der Waals surface area (Å²) in [6.45, 7) is 7.20. The molecule has 3 rings (SSSR count). The SMILES string of the molecule is CC(C)(C)c1ccc(CCNC(=O)CCCC(=O)Nc2ccc(/C=C/c3ccccc3)cc2)cc1. The number of carbonyl (C=O) groups is 2. The molecular weight excluding hydrogens is 432 g/mol. The van der Waals surface area contributed by atoms with Crippen LogP contribution in [0.4, 0.5) is 5.69 Å². The summed E-state index contributed by atoms with van der Waals surface area (Å²) in [6, 6.07) is 26.4. The second-order valence-electron chi connectivity index (χ2n) is 9.81. The number of carbonyl (C=O) groups excluding carboxylic acids is 2. The predicted molar refractivity (Wildman–Crippen MR) is 146 cm³/mol. The summed E-state index contributed by atoms with van der Waals surface area (Å²) in [5.41, 5.74) is 5.62. The van der Waals surface area contributed by atoms with Gasteiger partial charge in [0.1, 0.15) is 0 Å². The molecule has 3 aromatic rings. The number of hydrogen-bond acceptors (Lipinski definition) is 2. The van der Waals surface area contributed by atoms with Gasteiger partial charge in [-0.05, 0) is 52.6 Å². The molecule has 0 saturated carbocycles. The first-order chi connectivity index (χ1) is 16.8. The van der Waals surface area contributed by atoms with Crippen molar-refractivity contribution in [2.45, 2.75) is 51.9 Å². The Morgan fingerprint density at radius 2 is 1.34 bits per heavy atom. The average Bonchev–Trinajstić information content (AvgIpc) is 2.84. The quantitative estimate of drug-likeness (QED) is 0.328. The predicted octanol–water partition coefficient (Wildman–Crippen LogP) is 6.62. The van der Waals surface area contributed by atoms with Crippen LogP contribution in [0, 0.1) is 0 Å². The smallest absolute Gasteiger partial charge is 0.224 e. The molecule has 0 aliphatic rings. The first-order valence-corrected chi connectivity index (χ1v) is 12.3. The van der Waals surface area contributed by atoms with Gasteiger partial charge in [-0.2, -0.15) is 0 Å². The Bertz CT molecular complexity index is 1110. The highest BCUT2D eigenvalue weighted by molar-refractivity contribution is 5.91. The van der Waals surface area contributed by atoms with E-state index in [0.29, 0.717) is 25.8 Å². The minimum atomic E-state index is -0.0793. The normalized spacial score (nSPS) is 11.4. The van der Waals surface area contributed by atoms with Crippen molar-refractivity contribution in [3.05, 3.63) is 101 Å². The van der Waals surface area contributed by atoms with Crippen molar-refractivity contribution in [2.24, 2.45) is 0 Å². The Hall–Kier alpha value is -3.66. The number of nitrogens with one attached hydrogen (secondary N) is 2. The van der Waals surface area contributed by atoms with Gasteiger partial charge in [-0.15, -0.1) is 0 Å². The highest BCUT2D eigenvalue weighted by atomic mass is 16.2. The molecule has 3 aromatic carbocycles. The Morgan fingerprint density at radius 1 is 0.743 bits per heavy atom. The van der Waals surface area contributed by atoms with E-state index in [1.165, 1.54) is 11.1 Å². The van der Waals surface area contributed by atoms with Crippen LogP contribution in [0.1, 0.15) is 62.3 Å². The maximum absolute atomic E-state index is 12.2. The van der Waals surface area contributed by atoms with Gasteiger partial charge in [-0.1, -0.05) is 99.7 Å². The summed E-state index contributed by atoms with van der Waals surface area (Å²) in [6.07, 6.45) is 6.09. The molecule has 0 bridgehead atoms. The monoisotopic (exact) mass is 468 g/mol. The maximum Gasteiger partial charge on any atom is 0.224 e. The van der Waals surface area contributed by atoms with Crippen molar-refractivity contribution >= 4 is 29.7 Å². The zero-order valence-electron chi connectivity index (χ0n) is 21.0. The molecule has 0 aliphatic heterocycles. The summed E-state index contributed by atoms with van der Waals surface area (Å²) < 4.78 is 0. The fourth-order valence-corrected chi connectivity index (χ4v) is 3.67. The van der Waals surface area contributed by atoms with Gasteiger partial charge in [0, 0.05) is 25.1 Å². The lowest BCUT2D eigenvalue weighted by molar-refractivity contribution is -0.121. The first-order valence-electron chi connectivity index (χ1n) is 12.3. The second kappa shape index (κ2) is 12.7. The van der Waals surface area contributed by atoms with Crippen molar-refractivity contribution in [3.8, 4) is 0 Å². The molecule has 0 aromatic heterocycles. The van der Waals surface area contributed by atoms with Gasteiger partial charge in [-0.25, -0.2) is 0 Å². The third kappa shape index (κ3) is 9.24. The van der Waals surface area contributed by atoms with E-state index in [1.807, 2.05) is 48.5 Å². The van der Waals surface area contributed by atoms with Crippen LogP contribution in [-0.2, 0) is 21.4 Å². The summed E-state index contributed by atoms with van der Waals surface area (Å²) in [5.74, 6) is -0.0945. The van der Waals surface area contributed by atoms with Crippen LogP contribution in [0.5, 0.6) is 0 Å². The van der Waals surface area contributed by atoms with Gasteiger partial charge < -0.3 is 10.6 Å². The number of rotatable bonds is 10. The van der Waals surface area contributed by atoms with Gasteiger partial charge >= 0.3 is 0 Å². The Balaban J connectivity index is 1.32. The van der Waals surface area contributed by atoms with Crippen molar-refractivity contribution in [2.75, 3.05) is 11.9 Å². The van der Waals surface area contributed by atoms with Crippen LogP contribution in [0.25, 0.3) is 12.2 Å². The molecule has 0 unspecified atom stereocenters. The first kappa shape index (κ1) is 26.0. The van der Waals surface area contributed by atoms with E-state index in [0.717, 1.165) is 23.2 Å². The molecule has 35 heavy (non-hydrogen) atoms. The highest BCUT2D eigenvalue weighted by Crippen LogP contribution is 2.22. The number of anilines is 1. The van der Waals surface area contributed by atoms with Crippen molar-refractivity contribution in [1.29, 1.82) is 0 Å². The van der Waals surface area contributed by atoms with Gasteiger partial charge in [0.25, 0.3) is 0 Å². The van der Waals surface area contributed by atoms with Gasteiger partial charge in [0.2, 0.25) is 11.8 Å². The number of benzene rings is 3. The van der Waals surface area contributed by atoms with Crippen LogP contribution in [-0.4, -0.2) is 18.4 Å². The Morgan fingerprint density at radius 3 is 1.97 bits per heavy atom. The molecule has 0 aliphatic carbocycles. The minimum absolute atomic E-state index is 0.0151. The fraction of sp³-hybridized carbons (Fsp3) is 0.290. The summed E-state index contributed by atoms with van der Waals surface area (Å²) in [4.78, 5) is 24.3. The lowest BCUT2D eigenvalue weighted by Gasteiger charge is -2.19. The Kier molecular flexibility index (Phi) is 9.42. The fourth-order valence-electron chi connectivity index (χ4n) is 3.67. The highest BCUT2D eigenvalue weighted by Gasteiger charge is 2.12. The molecule has 0 heterocycles. The van der Waals surface area contributed by atoms with E-state index in [9.17, 15) is 9.59 Å². The standard InChI is InChI=1S/C31H36N2O2/c1-31(2,3)27-18-14-26(15-19-27)22-23-32-29(34)10-7-11-30(35)33-28-20-16-25(17-21-28)13-12-24-8-5-4-6-9-24/h4-6,8-9,12-21H,7,10-11,22-23H2,1-3H3,(H,32,34)(H,33,35)/b13-12+. The zero-order chi connectivity index (χ0) is 25.1.